The summed E-state index contributed by atoms with van der Waals surface area (Å²) < 4.78 is 0. The first-order valence-corrected chi connectivity index (χ1v) is 11.1. The first kappa shape index (κ1) is 20.3. The zero-order chi connectivity index (χ0) is 21.9. The van der Waals surface area contributed by atoms with Crippen molar-refractivity contribution >= 4 is 11.8 Å². The van der Waals surface area contributed by atoms with Gasteiger partial charge >= 0.3 is 0 Å². The predicted octanol–water partition coefficient (Wildman–Crippen LogP) is 3.29. The number of hydrogen-bond acceptors (Lipinski definition) is 5. The molecule has 32 heavy (non-hydrogen) atoms. The summed E-state index contributed by atoms with van der Waals surface area (Å²) in [6.45, 7) is 1.32. The van der Waals surface area contributed by atoms with Crippen molar-refractivity contribution in [3.05, 3.63) is 77.9 Å². The molecule has 0 spiro atoms. The van der Waals surface area contributed by atoms with Crippen molar-refractivity contribution in [1.29, 1.82) is 0 Å². The highest BCUT2D eigenvalue weighted by Crippen LogP contribution is 2.31. The molecule has 2 aromatic heterocycles. The molecule has 2 aliphatic heterocycles. The summed E-state index contributed by atoms with van der Waals surface area (Å²) >= 11 is 0. The average Bonchev–Trinajstić information content (AvgIpc) is 3.29. The van der Waals surface area contributed by atoms with Crippen LogP contribution in [0.4, 0.5) is 0 Å². The third kappa shape index (κ3) is 3.98. The molecule has 2 aliphatic rings. The molecule has 0 bridgehead atoms. The first-order chi connectivity index (χ1) is 15.7. The minimum Gasteiger partial charge on any atom is -0.334 e. The van der Waals surface area contributed by atoms with Gasteiger partial charge in [0.05, 0.1) is 17.3 Å². The van der Waals surface area contributed by atoms with Crippen molar-refractivity contribution < 1.29 is 9.59 Å². The number of rotatable bonds is 4. The molecule has 0 N–H and O–H groups in total. The van der Waals surface area contributed by atoms with E-state index in [1.807, 2.05) is 53.6 Å². The van der Waals surface area contributed by atoms with Gasteiger partial charge in [-0.25, -0.2) is 9.97 Å². The van der Waals surface area contributed by atoms with Gasteiger partial charge in [-0.3, -0.25) is 14.6 Å². The van der Waals surface area contributed by atoms with Gasteiger partial charge in [-0.15, -0.1) is 0 Å². The third-order valence-electron chi connectivity index (χ3n) is 6.23. The Bertz CT molecular complexity index is 1120. The minimum absolute atomic E-state index is 0.0185. The number of likely N-dealkylation sites (tertiary alicyclic amines) is 1. The first-order valence-electron chi connectivity index (χ1n) is 11.1. The summed E-state index contributed by atoms with van der Waals surface area (Å²) in [5, 5.41) is 0. The molecule has 1 fully saturated rings. The van der Waals surface area contributed by atoms with Crippen LogP contribution in [0, 0.1) is 0 Å². The molecule has 162 valence electrons. The SMILES string of the molecule is O=C1c2cnc(-c3ccccc3)nc2CCCN1CC(=O)N1CCCC1c1cccnc1. The van der Waals surface area contributed by atoms with Crippen LogP contribution in [-0.2, 0) is 11.2 Å². The summed E-state index contributed by atoms with van der Waals surface area (Å²) in [5.74, 6) is 0.440. The molecule has 1 unspecified atom stereocenters. The van der Waals surface area contributed by atoms with E-state index in [2.05, 4.69) is 15.0 Å². The summed E-state index contributed by atoms with van der Waals surface area (Å²) in [5.41, 5.74) is 3.23. The Kier molecular flexibility index (Phi) is 5.62. The van der Waals surface area contributed by atoms with Crippen molar-refractivity contribution in [2.45, 2.75) is 31.7 Å². The Labute approximate surface area is 187 Å². The summed E-state index contributed by atoms with van der Waals surface area (Å²) in [6.07, 6.45) is 8.51. The number of carbonyl (C=O) groups excluding carboxylic acids is 2. The standard InChI is InChI=1S/C25H25N5O2/c31-23(30-14-6-11-22(30)19-9-4-12-26-15-19)17-29-13-5-10-21-20(25(29)32)16-27-24(28-21)18-7-2-1-3-8-18/h1-4,7-9,12,15-16,22H,5-6,10-11,13-14,17H2. The van der Waals surface area contributed by atoms with Gasteiger partial charge < -0.3 is 9.80 Å². The van der Waals surface area contributed by atoms with Crippen molar-refractivity contribution in [2.75, 3.05) is 19.6 Å². The van der Waals surface area contributed by atoms with Gasteiger partial charge in [0.25, 0.3) is 5.91 Å². The van der Waals surface area contributed by atoms with Crippen molar-refractivity contribution in [3.63, 3.8) is 0 Å². The molecule has 1 saturated heterocycles. The fourth-order valence-electron chi connectivity index (χ4n) is 4.61. The fourth-order valence-corrected chi connectivity index (χ4v) is 4.61. The van der Waals surface area contributed by atoms with Crippen LogP contribution in [0.5, 0.6) is 0 Å². The maximum absolute atomic E-state index is 13.3. The van der Waals surface area contributed by atoms with Crippen LogP contribution in [0.2, 0.25) is 0 Å². The van der Waals surface area contributed by atoms with Gasteiger partial charge in [0.1, 0.15) is 6.54 Å². The van der Waals surface area contributed by atoms with Crippen LogP contribution in [-0.4, -0.2) is 56.2 Å². The van der Waals surface area contributed by atoms with Gasteiger partial charge in [0.15, 0.2) is 5.82 Å². The van der Waals surface area contributed by atoms with Gasteiger partial charge in [0.2, 0.25) is 5.91 Å². The second kappa shape index (κ2) is 8.86. The van der Waals surface area contributed by atoms with Crippen molar-refractivity contribution in [3.8, 4) is 11.4 Å². The highest BCUT2D eigenvalue weighted by atomic mass is 16.2. The molecule has 0 radical (unpaired) electrons. The molecule has 2 amide bonds. The minimum atomic E-state index is -0.164. The largest absolute Gasteiger partial charge is 0.334 e. The Morgan fingerprint density at radius 1 is 1.03 bits per heavy atom. The van der Waals surface area contributed by atoms with Crippen LogP contribution in [0.15, 0.2) is 61.1 Å². The number of amides is 2. The van der Waals surface area contributed by atoms with E-state index in [1.165, 1.54) is 0 Å². The Morgan fingerprint density at radius 2 is 1.91 bits per heavy atom. The van der Waals surface area contributed by atoms with E-state index in [-0.39, 0.29) is 24.4 Å². The maximum atomic E-state index is 13.3. The third-order valence-corrected chi connectivity index (χ3v) is 6.23. The molecule has 7 heteroatoms. The molecule has 5 rings (SSSR count). The molecule has 1 atom stereocenters. The van der Waals surface area contributed by atoms with Gasteiger partial charge in [0, 0.05) is 37.2 Å². The van der Waals surface area contributed by atoms with E-state index >= 15 is 0 Å². The number of aromatic nitrogens is 3. The van der Waals surface area contributed by atoms with Crippen LogP contribution >= 0.6 is 0 Å². The Hall–Kier alpha value is -3.61. The fraction of sp³-hybridized carbons (Fsp3) is 0.320. The highest BCUT2D eigenvalue weighted by molar-refractivity contribution is 5.97. The smallest absolute Gasteiger partial charge is 0.257 e. The number of pyridine rings is 1. The topological polar surface area (TPSA) is 79.3 Å². The zero-order valence-electron chi connectivity index (χ0n) is 17.9. The molecule has 4 heterocycles. The second-order valence-corrected chi connectivity index (χ2v) is 8.28. The van der Waals surface area contributed by atoms with Crippen LogP contribution in [0.3, 0.4) is 0 Å². The molecular weight excluding hydrogens is 402 g/mol. The number of fused-ring (bicyclic) bond motifs is 1. The lowest BCUT2D eigenvalue weighted by atomic mass is 10.1. The second-order valence-electron chi connectivity index (χ2n) is 8.28. The van der Waals surface area contributed by atoms with E-state index in [9.17, 15) is 9.59 Å². The number of carbonyl (C=O) groups is 2. The van der Waals surface area contributed by atoms with E-state index in [0.717, 1.165) is 36.1 Å². The molecule has 7 nitrogen and oxygen atoms in total. The summed E-state index contributed by atoms with van der Waals surface area (Å²) in [4.78, 5) is 43.3. The van der Waals surface area contributed by atoms with Crippen LogP contribution in [0.25, 0.3) is 11.4 Å². The number of hydrogen-bond donors (Lipinski definition) is 0. The molecule has 0 saturated carbocycles. The Balaban J connectivity index is 1.33. The molecular formula is C25H25N5O2. The van der Waals surface area contributed by atoms with Crippen LogP contribution in [0.1, 0.15) is 46.9 Å². The van der Waals surface area contributed by atoms with Crippen LogP contribution < -0.4 is 0 Å². The van der Waals surface area contributed by atoms with Gasteiger partial charge in [-0.05, 0) is 37.3 Å². The normalized spacial score (nSPS) is 18.4. The summed E-state index contributed by atoms with van der Waals surface area (Å²) in [7, 11) is 0. The molecule has 0 aliphatic carbocycles. The quantitative estimate of drug-likeness (QED) is 0.638. The van der Waals surface area contributed by atoms with E-state index < -0.39 is 0 Å². The predicted molar refractivity (Wildman–Crippen MR) is 120 cm³/mol. The van der Waals surface area contributed by atoms with E-state index in [1.54, 1.807) is 17.3 Å². The zero-order valence-corrected chi connectivity index (χ0v) is 17.9. The lowest BCUT2D eigenvalue weighted by molar-refractivity contribution is -0.132. The van der Waals surface area contributed by atoms with Crippen molar-refractivity contribution in [1.82, 2.24) is 24.8 Å². The average molecular weight is 428 g/mol. The molecule has 3 aromatic rings. The monoisotopic (exact) mass is 427 g/mol. The number of aryl methyl sites for hydroxylation is 1. The summed E-state index contributed by atoms with van der Waals surface area (Å²) in [6, 6.07) is 13.7. The molecule has 1 aromatic carbocycles. The van der Waals surface area contributed by atoms with Gasteiger partial charge in [-0.1, -0.05) is 36.4 Å². The van der Waals surface area contributed by atoms with Gasteiger partial charge in [-0.2, -0.15) is 0 Å². The lowest BCUT2D eigenvalue weighted by Crippen LogP contribution is -2.42. The number of nitrogens with zero attached hydrogens (tertiary/aromatic N) is 5. The van der Waals surface area contributed by atoms with Crippen molar-refractivity contribution in [2.24, 2.45) is 0 Å². The van der Waals surface area contributed by atoms with E-state index in [0.29, 0.717) is 30.9 Å². The number of benzene rings is 1. The highest BCUT2D eigenvalue weighted by Gasteiger charge is 2.33. The maximum Gasteiger partial charge on any atom is 0.257 e. The van der Waals surface area contributed by atoms with E-state index in [4.69, 9.17) is 0 Å². The lowest BCUT2D eigenvalue weighted by Gasteiger charge is -2.28. The Morgan fingerprint density at radius 3 is 2.72 bits per heavy atom.